The van der Waals surface area contributed by atoms with Gasteiger partial charge in [0.2, 0.25) is 0 Å². The molecule has 0 aliphatic carbocycles. The molecule has 132 valence electrons. The molecule has 0 saturated carbocycles. The summed E-state index contributed by atoms with van der Waals surface area (Å²) in [5.74, 6) is 0.302. The van der Waals surface area contributed by atoms with Gasteiger partial charge in [0.05, 0.1) is 19.2 Å². The van der Waals surface area contributed by atoms with Crippen molar-refractivity contribution in [2.75, 3.05) is 25.6 Å². The molecule has 0 aromatic heterocycles. The first kappa shape index (κ1) is 18.6. The van der Waals surface area contributed by atoms with Crippen LogP contribution in [0.25, 0.3) is 0 Å². The molecule has 0 aliphatic heterocycles. The van der Waals surface area contributed by atoms with E-state index in [1.807, 2.05) is 13.0 Å². The molecule has 25 heavy (non-hydrogen) atoms. The molecule has 0 unspecified atom stereocenters. The summed E-state index contributed by atoms with van der Waals surface area (Å²) in [6.07, 6.45) is 0. The van der Waals surface area contributed by atoms with Crippen molar-refractivity contribution in [3.8, 4) is 5.75 Å². The second-order valence-electron chi connectivity index (χ2n) is 5.21. The van der Waals surface area contributed by atoms with Crippen molar-refractivity contribution < 1.29 is 19.1 Å². The maximum Gasteiger partial charge on any atom is 0.337 e. The number of hydrogen-bond donors (Lipinski definition) is 2. The molecule has 2 N–H and O–H groups in total. The van der Waals surface area contributed by atoms with Crippen LogP contribution in [0.2, 0.25) is 5.02 Å². The average Bonchev–Trinajstić information content (AvgIpc) is 2.60. The summed E-state index contributed by atoms with van der Waals surface area (Å²) in [6, 6.07) is 11.4. The summed E-state index contributed by atoms with van der Waals surface area (Å²) < 4.78 is 10.2. The third kappa shape index (κ3) is 5.69. The Morgan fingerprint density at radius 2 is 1.84 bits per heavy atom. The van der Waals surface area contributed by atoms with Gasteiger partial charge in [-0.1, -0.05) is 11.6 Å². The monoisotopic (exact) mass is 362 g/mol. The Morgan fingerprint density at radius 1 is 1.12 bits per heavy atom. The van der Waals surface area contributed by atoms with E-state index in [-0.39, 0.29) is 6.03 Å². The fraction of sp³-hybridized carbons (Fsp3) is 0.222. The first-order valence-corrected chi connectivity index (χ1v) is 7.99. The molecule has 0 atom stereocenters. The number of nitrogens with one attached hydrogen (secondary N) is 2. The number of esters is 1. The number of anilines is 1. The van der Waals surface area contributed by atoms with Crippen molar-refractivity contribution in [1.82, 2.24) is 5.32 Å². The number of methoxy groups -OCH3 is 1. The lowest BCUT2D eigenvalue weighted by Gasteiger charge is -2.11. The molecule has 0 saturated heterocycles. The quantitative estimate of drug-likeness (QED) is 0.607. The van der Waals surface area contributed by atoms with Gasteiger partial charge in [0.1, 0.15) is 12.4 Å². The largest absolute Gasteiger partial charge is 0.491 e. The van der Waals surface area contributed by atoms with Crippen molar-refractivity contribution in [3.05, 3.63) is 58.6 Å². The number of ether oxygens (including phenoxy) is 2. The molecule has 6 nitrogen and oxygen atoms in total. The lowest BCUT2D eigenvalue weighted by molar-refractivity contribution is 0.0600. The predicted octanol–water partition coefficient (Wildman–Crippen LogP) is 3.64. The maximum absolute atomic E-state index is 11.8. The molecule has 0 fully saturated rings. The van der Waals surface area contributed by atoms with Crippen LogP contribution in [0.4, 0.5) is 10.5 Å². The van der Waals surface area contributed by atoms with Gasteiger partial charge in [0.25, 0.3) is 0 Å². The van der Waals surface area contributed by atoms with Crippen molar-refractivity contribution in [1.29, 1.82) is 0 Å². The minimum Gasteiger partial charge on any atom is -0.491 e. The fourth-order valence-electron chi connectivity index (χ4n) is 2.08. The summed E-state index contributed by atoms with van der Waals surface area (Å²) >= 11 is 5.89. The van der Waals surface area contributed by atoms with Gasteiger partial charge >= 0.3 is 12.0 Å². The molecule has 2 rings (SSSR count). The van der Waals surface area contributed by atoms with Crippen LogP contribution >= 0.6 is 11.6 Å². The predicted molar refractivity (Wildman–Crippen MR) is 96.5 cm³/mol. The number of rotatable bonds is 6. The van der Waals surface area contributed by atoms with Crippen molar-refractivity contribution in [2.24, 2.45) is 0 Å². The van der Waals surface area contributed by atoms with Crippen LogP contribution in [-0.2, 0) is 4.74 Å². The Labute approximate surface area is 151 Å². The highest BCUT2D eigenvalue weighted by Gasteiger charge is 2.06. The van der Waals surface area contributed by atoms with Crippen LogP contribution in [-0.4, -0.2) is 32.3 Å². The Balaban J connectivity index is 1.74. The molecular formula is C18H19ClN2O4. The van der Waals surface area contributed by atoms with Gasteiger partial charge in [-0.3, -0.25) is 0 Å². The summed E-state index contributed by atoms with van der Waals surface area (Å²) in [7, 11) is 1.32. The fourth-order valence-corrected chi connectivity index (χ4v) is 2.31. The van der Waals surface area contributed by atoms with Gasteiger partial charge in [-0.2, -0.15) is 0 Å². The van der Waals surface area contributed by atoms with Crippen molar-refractivity contribution in [2.45, 2.75) is 6.92 Å². The normalized spacial score (nSPS) is 10.0. The van der Waals surface area contributed by atoms with Gasteiger partial charge in [-0.15, -0.1) is 0 Å². The molecule has 0 heterocycles. The lowest BCUT2D eigenvalue weighted by Crippen LogP contribution is -2.32. The molecule has 0 aliphatic rings. The highest BCUT2D eigenvalue weighted by atomic mass is 35.5. The number of urea groups is 1. The number of benzene rings is 2. The van der Waals surface area contributed by atoms with Crippen molar-refractivity contribution in [3.63, 3.8) is 0 Å². The Hall–Kier alpha value is -2.73. The molecule has 0 bridgehead atoms. The van der Waals surface area contributed by atoms with Crippen molar-refractivity contribution >= 4 is 29.3 Å². The van der Waals surface area contributed by atoms with Crippen LogP contribution in [0.3, 0.4) is 0 Å². The number of carbonyl (C=O) groups excluding carboxylic acids is 2. The number of aryl methyl sites for hydroxylation is 1. The van der Waals surface area contributed by atoms with E-state index >= 15 is 0 Å². The van der Waals surface area contributed by atoms with Gasteiger partial charge in [0, 0.05) is 10.7 Å². The second-order valence-corrected chi connectivity index (χ2v) is 5.64. The van der Waals surface area contributed by atoms with Gasteiger partial charge in [-0.25, -0.2) is 9.59 Å². The Kier molecular flexibility index (Phi) is 6.65. The Bertz CT molecular complexity index is 747. The smallest absolute Gasteiger partial charge is 0.337 e. The number of hydrogen-bond acceptors (Lipinski definition) is 4. The van der Waals surface area contributed by atoms with E-state index in [1.54, 1.807) is 36.4 Å². The topological polar surface area (TPSA) is 76.7 Å². The van der Waals surface area contributed by atoms with Gasteiger partial charge < -0.3 is 20.1 Å². The standard InChI is InChI=1S/C18H19ClN2O4/c1-12-11-14(19)5-8-16(12)25-10-9-20-18(23)21-15-6-3-13(4-7-15)17(22)24-2/h3-8,11H,9-10H2,1-2H3,(H2,20,21,23). The van der Waals surface area contributed by atoms with Crippen LogP contribution in [0.5, 0.6) is 5.75 Å². The zero-order valence-electron chi connectivity index (χ0n) is 14.0. The molecule has 2 amide bonds. The zero-order chi connectivity index (χ0) is 18.2. The number of amides is 2. The van der Waals surface area contributed by atoms with E-state index in [4.69, 9.17) is 16.3 Å². The van der Waals surface area contributed by atoms with Crippen LogP contribution in [0.1, 0.15) is 15.9 Å². The first-order valence-electron chi connectivity index (χ1n) is 7.62. The zero-order valence-corrected chi connectivity index (χ0v) is 14.7. The minimum atomic E-state index is -0.425. The minimum absolute atomic E-state index is 0.331. The SMILES string of the molecule is COC(=O)c1ccc(NC(=O)NCCOc2ccc(Cl)cc2C)cc1. The molecule has 0 radical (unpaired) electrons. The average molecular weight is 363 g/mol. The van der Waals surface area contributed by atoms with E-state index in [0.717, 1.165) is 11.3 Å². The second kappa shape index (κ2) is 8.94. The highest BCUT2D eigenvalue weighted by molar-refractivity contribution is 6.30. The summed E-state index contributed by atoms with van der Waals surface area (Å²) in [5, 5.41) is 6.01. The lowest BCUT2D eigenvalue weighted by atomic mass is 10.2. The number of halogens is 1. The molecule has 2 aromatic rings. The van der Waals surface area contributed by atoms with E-state index in [1.165, 1.54) is 7.11 Å². The summed E-state index contributed by atoms with van der Waals surface area (Å²) in [4.78, 5) is 23.2. The summed E-state index contributed by atoms with van der Waals surface area (Å²) in [5.41, 5.74) is 1.92. The highest BCUT2D eigenvalue weighted by Crippen LogP contribution is 2.21. The molecule has 0 spiro atoms. The van der Waals surface area contributed by atoms with Crippen LogP contribution < -0.4 is 15.4 Å². The Morgan fingerprint density at radius 3 is 2.48 bits per heavy atom. The third-order valence-electron chi connectivity index (χ3n) is 3.35. The molecule has 7 heteroatoms. The van der Waals surface area contributed by atoms with E-state index < -0.39 is 5.97 Å². The van der Waals surface area contributed by atoms with Crippen LogP contribution in [0.15, 0.2) is 42.5 Å². The molecular weight excluding hydrogens is 344 g/mol. The van der Waals surface area contributed by atoms with Gasteiger partial charge in [0.15, 0.2) is 0 Å². The third-order valence-corrected chi connectivity index (χ3v) is 3.58. The van der Waals surface area contributed by atoms with Gasteiger partial charge in [-0.05, 0) is 55.0 Å². The first-order chi connectivity index (χ1) is 12.0. The van der Waals surface area contributed by atoms with E-state index in [9.17, 15) is 9.59 Å². The van der Waals surface area contributed by atoms with E-state index in [2.05, 4.69) is 15.4 Å². The molecule has 2 aromatic carbocycles. The van der Waals surface area contributed by atoms with E-state index in [0.29, 0.717) is 29.4 Å². The number of carbonyl (C=O) groups is 2. The van der Waals surface area contributed by atoms with Crippen LogP contribution in [0, 0.1) is 6.92 Å². The summed E-state index contributed by atoms with van der Waals surface area (Å²) in [6.45, 7) is 2.57. The maximum atomic E-state index is 11.8.